The van der Waals surface area contributed by atoms with Crippen molar-refractivity contribution in [2.45, 2.75) is 51.7 Å². The third-order valence-corrected chi connectivity index (χ3v) is 4.75. The van der Waals surface area contributed by atoms with Crippen molar-refractivity contribution in [3.8, 4) is 0 Å². The SMILES string of the molecule is CCc1nn(C)cc1CN=C(NCCc1ccco1)NCC1CCCCO1.I. The Morgan fingerprint density at radius 1 is 1.36 bits per heavy atom. The Hall–Kier alpha value is -1.55. The van der Waals surface area contributed by atoms with Crippen LogP contribution in [0.5, 0.6) is 0 Å². The molecule has 0 spiro atoms. The minimum Gasteiger partial charge on any atom is -0.469 e. The average molecular weight is 501 g/mol. The van der Waals surface area contributed by atoms with Crippen LogP contribution in [0.4, 0.5) is 0 Å². The van der Waals surface area contributed by atoms with Crippen LogP contribution < -0.4 is 10.6 Å². The molecule has 2 N–H and O–H groups in total. The number of halogens is 1. The number of furan rings is 1. The lowest BCUT2D eigenvalue weighted by Crippen LogP contribution is -2.43. The van der Waals surface area contributed by atoms with E-state index in [0.717, 1.165) is 56.4 Å². The third kappa shape index (κ3) is 7.12. The maximum atomic E-state index is 5.82. The van der Waals surface area contributed by atoms with Gasteiger partial charge < -0.3 is 19.8 Å². The lowest BCUT2D eigenvalue weighted by Gasteiger charge is -2.23. The summed E-state index contributed by atoms with van der Waals surface area (Å²) in [4.78, 5) is 4.77. The summed E-state index contributed by atoms with van der Waals surface area (Å²) in [6.45, 7) is 5.13. The minimum atomic E-state index is 0. The van der Waals surface area contributed by atoms with Crippen molar-refractivity contribution >= 4 is 29.9 Å². The molecule has 1 aliphatic heterocycles. The molecule has 7 nitrogen and oxygen atoms in total. The predicted octanol–water partition coefficient (Wildman–Crippen LogP) is 3.04. The van der Waals surface area contributed by atoms with E-state index in [1.165, 1.54) is 18.4 Å². The molecule has 1 unspecified atom stereocenters. The number of aliphatic imine (C=N–C) groups is 1. The quantitative estimate of drug-likeness (QED) is 0.331. The first-order valence-corrected chi connectivity index (χ1v) is 9.92. The van der Waals surface area contributed by atoms with E-state index in [1.807, 2.05) is 30.1 Å². The molecule has 2 aromatic heterocycles. The van der Waals surface area contributed by atoms with Crippen LogP contribution in [0.3, 0.4) is 0 Å². The molecule has 1 atom stereocenters. The molecular formula is C20H32IN5O2. The first-order valence-electron chi connectivity index (χ1n) is 9.92. The van der Waals surface area contributed by atoms with Gasteiger partial charge >= 0.3 is 0 Å². The van der Waals surface area contributed by atoms with Gasteiger partial charge in [0.25, 0.3) is 0 Å². The number of hydrogen-bond acceptors (Lipinski definition) is 4. The van der Waals surface area contributed by atoms with Crippen LogP contribution in [-0.4, -0.2) is 41.5 Å². The van der Waals surface area contributed by atoms with Gasteiger partial charge in [-0.25, -0.2) is 4.99 Å². The Morgan fingerprint density at radius 3 is 2.96 bits per heavy atom. The molecule has 0 saturated carbocycles. The fraction of sp³-hybridized carbons (Fsp3) is 0.600. The number of aromatic nitrogens is 2. The van der Waals surface area contributed by atoms with E-state index in [1.54, 1.807) is 6.26 Å². The molecule has 2 aromatic rings. The summed E-state index contributed by atoms with van der Waals surface area (Å²) in [7, 11) is 1.95. The zero-order valence-corrected chi connectivity index (χ0v) is 19.1. The van der Waals surface area contributed by atoms with Crippen LogP contribution >= 0.6 is 24.0 Å². The molecule has 1 aliphatic rings. The van der Waals surface area contributed by atoms with Crippen molar-refractivity contribution in [1.82, 2.24) is 20.4 Å². The number of nitrogens with one attached hydrogen (secondary N) is 2. The summed E-state index contributed by atoms with van der Waals surface area (Å²) in [6.07, 6.45) is 9.26. The largest absolute Gasteiger partial charge is 0.469 e. The molecule has 3 rings (SSSR count). The molecule has 1 saturated heterocycles. The lowest BCUT2D eigenvalue weighted by molar-refractivity contribution is 0.0194. The van der Waals surface area contributed by atoms with Crippen LogP contribution in [0.1, 0.15) is 43.2 Å². The highest BCUT2D eigenvalue weighted by Gasteiger charge is 2.14. The Bertz CT molecular complexity index is 708. The van der Waals surface area contributed by atoms with Crippen molar-refractivity contribution in [1.29, 1.82) is 0 Å². The van der Waals surface area contributed by atoms with Gasteiger partial charge in [0.15, 0.2) is 5.96 Å². The lowest BCUT2D eigenvalue weighted by atomic mass is 10.1. The third-order valence-electron chi connectivity index (χ3n) is 4.75. The summed E-state index contributed by atoms with van der Waals surface area (Å²) in [5.74, 6) is 1.78. The Labute approximate surface area is 184 Å². The maximum absolute atomic E-state index is 5.82. The summed E-state index contributed by atoms with van der Waals surface area (Å²) < 4.78 is 13.1. The summed E-state index contributed by atoms with van der Waals surface area (Å²) in [5, 5.41) is 11.3. The number of guanidine groups is 1. The maximum Gasteiger partial charge on any atom is 0.191 e. The Morgan fingerprint density at radius 2 is 2.25 bits per heavy atom. The van der Waals surface area contributed by atoms with E-state index in [-0.39, 0.29) is 30.1 Å². The fourth-order valence-corrected chi connectivity index (χ4v) is 3.29. The first-order chi connectivity index (χ1) is 13.2. The Kier molecular flexibility index (Phi) is 9.83. The van der Waals surface area contributed by atoms with Crippen molar-refractivity contribution < 1.29 is 9.15 Å². The second-order valence-corrected chi connectivity index (χ2v) is 6.92. The van der Waals surface area contributed by atoms with Gasteiger partial charge in [-0.05, 0) is 37.8 Å². The van der Waals surface area contributed by atoms with Gasteiger partial charge in [0, 0.05) is 44.9 Å². The number of hydrogen-bond donors (Lipinski definition) is 2. The molecule has 156 valence electrons. The minimum absolute atomic E-state index is 0. The van der Waals surface area contributed by atoms with Crippen LogP contribution in [0.25, 0.3) is 0 Å². The van der Waals surface area contributed by atoms with Gasteiger partial charge in [0.1, 0.15) is 5.76 Å². The van der Waals surface area contributed by atoms with Crippen LogP contribution in [-0.2, 0) is 31.2 Å². The second-order valence-electron chi connectivity index (χ2n) is 6.92. The number of ether oxygens (including phenoxy) is 1. The van der Waals surface area contributed by atoms with E-state index >= 15 is 0 Å². The summed E-state index contributed by atoms with van der Waals surface area (Å²) in [5.41, 5.74) is 2.27. The van der Waals surface area contributed by atoms with Gasteiger partial charge in [0.2, 0.25) is 0 Å². The molecule has 0 aromatic carbocycles. The number of nitrogens with zero attached hydrogens (tertiary/aromatic N) is 3. The highest BCUT2D eigenvalue weighted by atomic mass is 127. The number of rotatable bonds is 8. The van der Waals surface area contributed by atoms with Gasteiger partial charge in [-0.15, -0.1) is 24.0 Å². The van der Waals surface area contributed by atoms with E-state index in [0.29, 0.717) is 6.54 Å². The first kappa shape index (κ1) is 22.7. The monoisotopic (exact) mass is 501 g/mol. The molecule has 3 heterocycles. The normalized spacial score (nSPS) is 17.2. The van der Waals surface area contributed by atoms with Crippen LogP contribution in [0.15, 0.2) is 34.0 Å². The topological polar surface area (TPSA) is 76.6 Å². The van der Waals surface area contributed by atoms with Gasteiger partial charge in [-0.3, -0.25) is 4.68 Å². The van der Waals surface area contributed by atoms with Crippen LogP contribution in [0, 0.1) is 0 Å². The molecule has 0 aliphatic carbocycles. The fourth-order valence-electron chi connectivity index (χ4n) is 3.29. The van der Waals surface area contributed by atoms with Gasteiger partial charge in [-0.2, -0.15) is 5.10 Å². The molecule has 8 heteroatoms. The van der Waals surface area contributed by atoms with Gasteiger partial charge in [-0.1, -0.05) is 6.92 Å². The van der Waals surface area contributed by atoms with Crippen LogP contribution in [0.2, 0.25) is 0 Å². The molecule has 1 fully saturated rings. The zero-order valence-electron chi connectivity index (χ0n) is 16.8. The number of aryl methyl sites for hydroxylation is 2. The van der Waals surface area contributed by atoms with E-state index in [2.05, 4.69) is 22.7 Å². The van der Waals surface area contributed by atoms with E-state index < -0.39 is 0 Å². The molecule has 0 bridgehead atoms. The highest BCUT2D eigenvalue weighted by Crippen LogP contribution is 2.12. The molecular weight excluding hydrogens is 469 g/mol. The zero-order chi connectivity index (χ0) is 18.9. The second kappa shape index (κ2) is 12.1. The van der Waals surface area contributed by atoms with Gasteiger partial charge in [0.05, 0.1) is 24.6 Å². The summed E-state index contributed by atoms with van der Waals surface area (Å²) >= 11 is 0. The standard InChI is InChI=1S/C20H31N5O2.HI/c1-3-19-16(15-25(2)24-19)13-22-20(21-10-9-17-8-6-12-26-17)23-14-18-7-4-5-11-27-18;/h6,8,12,15,18H,3-5,7,9-11,13-14H2,1-2H3,(H2,21,22,23);1H. The van der Waals surface area contributed by atoms with Crippen molar-refractivity contribution in [2.75, 3.05) is 19.7 Å². The highest BCUT2D eigenvalue weighted by molar-refractivity contribution is 14.0. The molecule has 28 heavy (non-hydrogen) atoms. The smallest absolute Gasteiger partial charge is 0.191 e. The molecule has 0 amide bonds. The summed E-state index contributed by atoms with van der Waals surface area (Å²) in [6, 6.07) is 3.91. The van der Waals surface area contributed by atoms with Crippen molar-refractivity contribution in [2.24, 2.45) is 12.0 Å². The predicted molar refractivity (Wildman–Crippen MR) is 121 cm³/mol. The van der Waals surface area contributed by atoms with E-state index in [4.69, 9.17) is 14.1 Å². The van der Waals surface area contributed by atoms with Crippen molar-refractivity contribution in [3.05, 3.63) is 41.6 Å². The molecule has 0 radical (unpaired) electrons. The average Bonchev–Trinajstić information content (AvgIpc) is 3.33. The van der Waals surface area contributed by atoms with Crippen molar-refractivity contribution in [3.63, 3.8) is 0 Å². The van der Waals surface area contributed by atoms with E-state index in [9.17, 15) is 0 Å². The Balaban J connectivity index is 0.00000280.